The van der Waals surface area contributed by atoms with E-state index >= 15 is 0 Å². The fourth-order valence-electron chi connectivity index (χ4n) is 3.60. The number of amides is 1. The number of aryl methyl sites for hydroxylation is 1. The average molecular weight is 366 g/mol. The molecule has 136 valence electrons. The van der Waals surface area contributed by atoms with Gasteiger partial charge in [0, 0.05) is 12.1 Å². The molecule has 1 aliphatic heterocycles. The Labute approximate surface area is 147 Å². The SMILES string of the molecule is CS(=O)(=O)N1CCCc2cc(C(=O)NC3(CC(=O)O)CCC3)ccc21. The Balaban J connectivity index is 1.82. The van der Waals surface area contributed by atoms with Crippen molar-refractivity contribution in [2.75, 3.05) is 17.1 Å². The predicted octanol–water partition coefficient (Wildman–Crippen LogP) is 1.53. The van der Waals surface area contributed by atoms with Gasteiger partial charge in [-0.1, -0.05) is 0 Å². The first kappa shape index (κ1) is 17.7. The maximum atomic E-state index is 12.6. The lowest BCUT2D eigenvalue weighted by Gasteiger charge is -2.41. The van der Waals surface area contributed by atoms with Crippen molar-refractivity contribution in [3.8, 4) is 0 Å². The minimum absolute atomic E-state index is 0.0778. The molecule has 3 rings (SSSR count). The van der Waals surface area contributed by atoms with Crippen LogP contribution in [-0.2, 0) is 21.2 Å². The van der Waals surface area contributed by atoms with Crippen LogP contribution in [0.1, 0.15) is 48.0 Å². The molecule has 1 fully saturated rings. The van der Waals surface area contributed by atoms with Crippen LogP contribution in [0.15, 0.2) is 18.2 Å². The normalized spacial score (nSPS) is 18.8. The van der Waals surface area contributed by atoms with E-state index in [0.29, 0.717) is 43.5 Å². The van der Waals surface area contributed by atoms with Gasteiger partial charge in [0.1, 0.15) is 0 Å². The molecule has 0 bridgehead atoms. The number of benzene rings is 1. The minimum Gasteiger partial charge on any atom is -0.481 e. The Morgan fingerprint density at radius 1 is 1.28 bits per heavy atom. The molecule has 8 heteroatoms. The first-order valence-corrected chi connectivity index (χ1v) is 10.2. The van der Waals surface area contributed by atoms with Crippen LogP contribution in [0, 0.1) is 0 Å². The van der Waals surface area contributed by atoms with Crippen LogP contribution in [0.3, 0.4) is 0 Å². The lowest BCUT2D eigenvalue weighted by atomic mass is 9.74. The molecule has 7 nitrogen and oxygen atoms in total. The summed E-state index contributed by atoms with van der Waals surface area (Å²) in [7, 11) is -3.34. The number of hydrogen-bond acceptors (Lipinski definition) is 4. The second-order valence-electron chi connectivity index (χ2n) is 6.94. The van der Waals surface area contributed by atoms with Crippen LogP contribution >= 0.6 is 0 Å². The van der Waals surface area contributed by atoms with E-state index in [1.165, 1.54) is 10.6 Å². The van der Waals surface area contributed by atoms with Gasteiger partial charge in [0.15, 0.2) is 0 Å². The molecule has 1 aromatic rings. The van der Waals surface area contributed by atoms with E-state index in [0.717, 1.165) is 12.0 Å². The van der Waals surface area contributed by atoms with E-state index in [1.807, 2.05) is 0 Å². The van der Waals surface area contributed by atoms with Crippen molar-refractivity contribution in [2.24, 2.45) is 0 Å². The third-order valence-electron chi connectivity index (χ3n) is 5.00. The van der Waals surface area contributed by atoms with Crippen molar-refractivity contribution < 1.29 is 23.1 Å². The molecule has 1 saturated carbocycles. The number of fused-ring (bicyclic) bond motifs is 1. The van der Waals surface area contributed by atoms with Gasteiger partial charge in [0.05, 0.1) is 23.9 Å². The summed E-state index contributed by atoms with van der Waals surface area (Å²) < 4.78 is 25.2. The minimum atomic E-state index is -3.34. The number of nitrogens with zero attached hydrogens (tertiary/aromatic N) is 1. The molecule has 1 amide bonds. The van der Waals surface area contributed by atoms with Crippen molar-refractivity contribution in [2.45, 2.75) is 44.1 Å². The first-order valence-electron chi connectivity index (χ1n) is 8.35. The molecule has 0 unspecified atom stereocenters. The number of carboxylic acid groups (broad SMARTS) is 1. The van der Waals surface area contributed by atoms with E-state index in [1.54, 1.807) is 18.2 Å². The van der Waals surface area contributed by atoms with Gasteiger partial charge in [-0.15, -0.1) is 0 Å². The first-order chi connectivity index (χ1) is 11.7. The highest BCUT2D eigenvalue weighted by Crippen LogP contribution is 2.36. The van der Waals surface area contributed by atoms with Gasteiger partial charge in [0.25, 0.3) is 5.91 Å². The fourth-order valence-corrected chi connectivity index (χ4v) is 4.60. The summed E-state index contributed by atoms with van der Waals surface area (Å²) in [5, 5.41) is 11.9. The number of nitrogens with one attached hydrogen (secondary N) is 1. The standard InChI is InChI=1S/C17H22N2O5S/c1-25(23,24)19-9-2-4-12-10-13(5-6-14(12)19)16(22)18-17(7-3-8-17)11-15(20)21/h5-6,10H,2-4,7-9,11H2,1H3,(H,18,22)(H,20,21). The lowest BCUT2D eigenvalue weighted by Crippen LogP contribution is -2.54. The van der Waals surface area contributed by atoms with Gasteiger partial charge in [-0.2, -0.15) is 0 Å². The zero-order valence-electron chi connectivity index (χ0n) is 14.1. The molecular formula is C17H22N2O5S. The zero-order chi connectivity index (χ0) is 18.2. The van der Waals surface area contributed by atoms with E-state index in [4.69, 9.17) is 5.11 Å². The molecule has 0 saturated heterocycles. The number of hydrogen-bond donors (Lipinski definition) is 2. The van der Waals surface area contributed by atoms with E-state index in [-0.39, 0.29) is 12.3 Å². The largest absolute Gasteiger partial charge is 0.481 e. The molecule has 25 heavy (non-hydrogen) atoms. The Morgan fingerprint density at radius 2 is 2.00 bits per heavy atom. The molecule has 2 aliphatic rings. The summed E-state index contributed by atoms with van der Waals surface area (Å²) in [6.07, 6.45) is 4.74. The summed E-state index contributed by atoms with van der Waals surface area (Å²) in [6, 6.07) is 4.98. The van der Waals surface area contributed by atoms with Crippen LogP contribution in [0.2, 0.25) is 0 Å². The monoisotopic (exact) mass is 366 g/mol. The van der Waals surface area contributed by atoms with Crippen molar-refractivity contribution in [1.29, 1.82) is 0 Å². The van der Waals surface area contributed by atoms with Gasteiger partial charge in [-0.25, -0.2) is 8.42 Å². The Kier molecular flexibility index (Phi) is 4.49. The topological polar surface area (TPSA) is 104 Å². The third-order valence-corrected chi connectivity index (χ3v) is 6.18. The summed E-state index contributed by atoms with van der Waals surface area (Å²) in [6.45, 7) is 0.444. The number of anilines is 1. The molecule has 1 heterocycles. The molecule has 2 N–H and O–H groups in total. The fraction of sp³-hybridized carbons (Fsp3) is 0.529. The maximum Gasteiger partial charge on any atom is 0.305 e. The van der Waals surface area contributed by atoms with Gasteiger partial charge in [-0.3, -0.25) is 13.9 Å². The third kappa shape index (κ3) is 3.63. The predicted molar refractivity (Wildman–Crippen MR) is 93.3 cm³/mol. The van der Waals surface area contributed by atoms with Crippen LogP contribution < -0.4 is 9.62 Å². The van der Waals surface area contributed by atoms with Crippen molar-refractivity contribution >= 4 is 27.6 Å². The van der Waals surface area contributed by atoms with E-state index in [9.17, 15) is 18.0 Å². The summed E-state index contributed by atoms with van der Waals surface area (Å²) in [5.41, 5.74) is 1.22. The smallest absolute Gasteiger partial charge is 0.305 e. The number of rotatable bonds is 5. The summed E-state index contributed by atoms with van der Waals surface area (Å²) in [4.78, 5) is 23.6. The zero-order valence-corrected chi connectivity index (χ0v) is 14.9. The van der Waals surface area contributed by atoms with Crippen LogP contribution in [-0.4, -0.2) is 43.7 Å². The molecule has 0 aromatic heterocycles. The molecular weight excluding hydrogens is 344 g/mol. The summed E-state index contributed by atoms with van der Waals surface area (Å²) in [5.74, 6) is -1.23. The molecule has 1 aliphatic carbocycles. The maximum absolute atomic E-state index is 12.6. The number of aliphatic carboxylic acids is 1. The van der Waals surface area contributed by atoms with Gasteiger partial charge in [-0.05, 0) is 55.9 Å². The number of carboxylic acids is 1. The molecule has 0 spiro atoms. The highest BCUT2D eigenvalue weighted by atomic mass is 32.2. The van der Waals surface area contributed by atoms with Gasteiger partial charge < -0.3 is 10.4 Å². The molecule has 0 atom stereocenters. The highest BCUT2D eigenvalue weighted by Gasteiger charge is 2.40. The lowest BCUT2D eigenvalue weighted by molar-refractivity contribution is -0.139. The molecule has 1 aromatic carbocycles. The number of sulfonamides is 1. The second-order valence-corrected chi connectivity index (χ2v) is 8.85. The second kappa shape index (κ2) is 6.33. The number of carbonyl (C=O) groups is 2. The van der Waals surface area contributed by atoms with E-state index in [2.05, 4.69) is 5.32 Å². The Bertz CT molecular complexity index is 814. The average Bonchev–Trinajstić information content (AvgIpc) is 2.50. The van der Waals surface area contributed by atoms with E-state index < -0.39 is 21.5 Å². The van der Waals surface area contributed by atoms with Crippen LogP contribution in [0.25, 0.3) is 0 Å². The Morgan fingerprint density at radius 3 is 2.56 bits per heavy atom. The van der Waals surface area contributed by atoms with Crippen molar-refractivity contribution in [3.05, 3.63) is 29.3 Å². The van der Waals surface area contributed by atoms with Gasteiger partial charge in [0.2, 0.25) is 10.0 Å². The quantitative estimate of drug-likeness (QED) is 0.822. The summed E-state index contributed by atoms with van der Waals surface area (Å²) >= 11 is 0. The van der Waals surface area contributed by atoms with Crippen molar-refractivity contribution in [3.63, 3.8) is 0 Å². The van der Waals surface area contributed by atoms with Crippen LogP contribution in [0.4, 0.5) is 5.69 Å². The molecule has 0 radical (unpaired) electrons. The Hall–Kier alpha value is -2.09. The van der Waals surface area contributed by atoms with Crippen LogP contribution in [0.5, 0.6) is 0 Å². The van der Waals surface area contributed by atoms with Crippen molar-refractivity contribution in [1.82, 2.24) is 5.32 Å². The van der Waals surface area contributed by atoms with Gasteiger partial charge >= 0.3 is 5.97 Å². The highest BCUT2D eigenvalue weighted by molar-refractivity contribution is 7.92. The number of carbonyl (C=O) groups excluding carboxylic acids is 1.